The third-order valence-electron chi connectivity index (χ3n) is 2.28. The largest absolute Gasteiger partial charge is 0.466 e. The maximum atomic E-state index is 10.8. The molecule has 15 heavy (non-hydrogen) atoms. The van der Waals surface area contributed by atoms with Crippen molar-refractivity contribution in [2.24, 2.45) is 0 Å². The molecule has 2 atom stereocenters. The Morgan fingerprint density at radius 3 is 2.80 bits per heavy atom. The smallest absolute Gasteiger partial charge is 0.330 e. The zero-order valence-electron chi connectivity index (χ0n) is 8.42. The molecule has 0 aliphatic carbocycles. The Morgan fingerprint density at radius 2 is 2.13 bits per heavy atom. The molecule has 0 saturated carbocycles. The monoisotopic (exact) mass is 204 g/mol. The molecule has 3 nitrogen and oxygen atoms in total. The van der Waals surface area contributed by atoms with Gasteiger partial charge in [0.2, 0.25) is 0 Å². The van der Waals surface area contributed by atoms with Crippen LogP contribution in [0, 0.1) is 0 Å². The number of carbonyl (C=O) groups is 1. The van der Waals surface area contributed by atoms with Crippen molar-refractivity contribution in [1.82, 2.24) is 0 Å². The molecular formula is C12H12O3. The van der Waals surface area contributed by atoms with Crippen molar-refractivity contribution < 1.29 is 14.3 Å². The van der Waals surface area contributed by atoms with E-state index in [4.69, 9.17) is 4.74 Å². The summed E-state index contributed by atoms with van der Waals surface area (Å²) in [5, 5.41) is 0. The number of benzene rings is 1. The molecule has 0 N–H and O–H groups in total. The maximum absolute atomic E-state index is 10.8. The average Bonchev–Trinajstić information content (AvgIpc) is 3.06. The van der Waals surface area contributed by atoms with E-state index in [1.165, 1.54) is 13.2 Å². The van der Waals surface area contributed by atoms with Gasteiger partial charge in [0.15, 0.2) is 0 Å². The summed E-state index contributed by atoms with van der Waals surface area (Å²) in [6.07, 6.45) is 3.22. The molecule has 2 rings (SSSR count). The van der Waals surface area contributed by atoms with Gasteiger partial charge in [-0.1, -0.05) is 30.3 Å². The fourth-order valence-electron chi connectivity index (χ4n) is 1.42. The Labute approximate surface area is 88.3 Å². The van der Waals surface area contributed by atoms with Crippen LogP contribution in [0.4, 0.5) is 0 Å². The number of epoxide rings is 1. The molecule has 1 aromatic rings. The number of hydrogen-bond acceptors (Lipinski definition) is 3. The average molecular weight is 204 g/mol. The minimum atomic E-state index is -0.350. The normalized spacial score (nSPS) is 24.1. The summed E-state index contributed by atoms with van der Waals surface area (Å²) in [6, 6.07) is 9.93. The second-order valence-electron chi connectivity index (χ2n) is 3.31. The van der Waals surface area contributed by atoms with Gasteiger partial charge in [0.1, 0.15) is 12.2 Å². The quantitative estimate of drug-likeness (QED) is 0.428. The van der Waals surface area contributed by atoms with Crippen molar-refractivity contribution in [1.29, 1.82) is 0 Å². The first-order valence-electron chi connectivity index (χ1n) is 4.78. The van der Waals surface area contributed by atoms with E-state index < -0.39 is 0 Å². The summed E-state index contributed by atoms with van der Waals surface area (Å²) < 4.78 is 9.89. The highest BCUT2D eigenvalue weighted by molar-refractivity contribution is 5.81. The van der Waals surface area contributed by atoms with E-state index in [2.05, 4.69) is 4.74 Å². The van der Waals surface area contributed by atoms with Gasteiger partial charge in [-0.3, -0.25) is 0 Å². The van der Waals surface area contributed by atoms with Gasteiger partial charge in [0.25, 0.3) is 0 Å². The molecule has 0 aromatic heterocycles. The summed E-state index contributed by atoms with van der Waals surface area (Å²) >= 11 is 0. The molecule has 0 spiro atoms. The first-order valence-corrected chi connectivity index (χ1v) is 4.78. The predicted molar refractivity (Wildman–Crippen MR) is 55.2 cm³/mol. The van der Waals surface area contributed by atoms with Gasteiger partial charge >= 0.3 is 5.97 Å². The highest BCUT2D eigenvalue weighted by Gasteiger charge is 2.37. The molecule has 0 unspecified atom stereocenters. The van der Waals surface area contributed by atoms with Gasteiger partial charge in [-0.25, -0.2) is 4.79 Å². The van der Waals surface area contributed by atoms with Gasteiger partial charge in [0, 0.05) is 6.08 Å². The van der Waals surface area contributed by atoms with E-state index in [9.17, 15) is 4.79 Å². The molecule has 1 heterocycles. The summed E-state index contributed by atoms with van der Waals surface area (Å²) in [4.78, 5) is 10.8. The van der Waals surface area contributed by atoms with Gasteiger partial charge in [-0.15, -0.1) is 0 Å². The fourth-order valence-corrected chi connectivity index (χ4v) is 1.42. The zero-order valence-corrected chi connectivity index (χ0v) is 8.42. The number of rotatable bonds is 3. The number of hydrogen-bond donors (Lipinski definition) is 0. The molecule has 3 heteroatoms. The molecule has 1 aliphatic heterocycles. The Bertz CT molecular complexity index is 370. The van der Waals surface area contributed by atoms with Crippen LogP contribution in [0.5, 0.6) is 0 Å². The number of esters is 1. The van der Waals surface area contributed by atoms with Crippen molar-refractivity contribution in [3.8, 4) is 0 Å². The van der Waals surface area contributed by atoms with Crippen LogP contribution >= 0.6 is 0 Å². The minimum absolute atomic E-state index is 0.00602. The van der Waals surface area contributed by atoms with E-state index in [0.29, 0.717) is 0 Å². The highest BCUT2D eigenvalue weighted by atomic mass is 16.6. The van der Waals surface area contributed by atoms with Gasteiger partial charge in [-0.2, -0.15) is 0 Å². The molecule has 1 aliphatic rings. The molecule has 1 fully saturated rings. The van der Waals surface area contributed by atoms with Crippen LogP contribution in [0.1, 0.15) is 11.7 Å². The lowest BCUT2D eigenvalue weighted by atomic mass is 10.1. The van der Waals surface area contributed by atoms with E-state index in [0.717, 1.165) is 5.56 Å². The lowest BCUT2D eigenvalue weighted by Crippen LogP contribution is -1.95. The number of carbonyl (C=O) groups excluding carboxylic acids is 1. The van der Waals surface area contributed by atoms with Crippen LogP contribution in [-0.2, 0) is 14.3 Å². The van der Waals surface area contributed by atoms with Crippen LogP contribution in [0.3, 0.4) is 0 Å². The summed E-state index contributed by atoms with van der Waals surface area (Å²) in [5.74, 6) is -0.350. The molecular weight excluding hydrogens is 192 g/mol. The van der Waals surface area contributed by atoms with Gasteiger partial charge < -0.3 is 9.47 Å². The fraction of sp³-hybridized carbons (Fsp3) is 0.250. The molecule has 0 bridgehead atoms. The number of methoxy groups -OCH3 is 1. The molecule has 1 aromatic carbocycles. The predicted octanol–water partition coefficient (Wildman–Crippen LogP) is 1.86. The second-order valence-corrected chi connectivity index (χ2v) is 3.31. The SMILES string of the molecule is COC(=O)C=C[C@H]1O[C@H]1c1ccccc1. The van der Waals surface area contributed by atoms with E-state index in [-0.39, 0.29) is 18.2 Å². The van der Waals surface area contributed by atoms with Crippen LogP contribution in [0.25, 0.3) is 0 Å². The summed E-state index contributed by atoms with van der Waals surface area (Å²) in [7, 11) is 1.36. The lowest BCUT2D eigenvalue weighted by molar-refractivity contribution is -0.134. The molecule has 0 amide bonds. The number of ether oxygens (including phenoxy) is 2. The van der Waals surface area contributed by atoms with Crippen molar-refractivity contribution in [3.05, 3.63) is 48.0 Å². The topological polar surface area (TPSA) is 38.8 Å². The Hall–Kier alpha value is -1.61. The second kappa shape index (κ2) is 4.28. The molecule has 78 valence electrons. The Kier molecular flexibility index (Phi) is 2.83. The van der Waals surface area contributed by atoms with Crippen LogP contribution in [0.15, 0.2) is 42.5 Å². The minimum Gasteiger partial charge on any atom is -0.466 e. The first-order chi connectivity index (χ1) is 7.31. The standard InChI is InChI=1S/C12H12O3/c1-14-11(13)8-7-10-12(15-10)9-5-3-2-4-6-9/h2-8,10,12H,1H3/t10-,12+/m1/s1. The van der Waals surface area contributed by atoms with E-state index >= 15 is 0 Å². The Morgan fingerprint density at radius 1 is 1.40 bits per heavy atom. The van der Waals surface area contributed by atoms with Crippen molar-refractivity contribution in [2.75, 3.05) is 7.11 Å². The van der Waals surface area contributed by atoms with Gasteiger partial charge in [0.05, 0.1) is 7.11 Å². The van der Waals surface area contributed by atoms with E-state index in [1.807, 2.05) is 30.3 Å². The highest BCUT2D eigenvalue weighted by Crippen LogP contribution is 2.39. The third kappa shape index (κ3) is 2.44. The lowest BCUT2D eigenvalue weighted by Gasteiger charge is -1.92. The Balaban J connectivity index is 1.92. The van der Waals surface area contributed by atoms with E-state index in [1.54, 1.807) is 6.08 Å². The molecule has 1 saturated heterocycles. The van der Waals surface area contributed by atoms with Crippen molar-refractivity contribution in [2.45, 2.75) is 12.2 Å². The van der Waals surface area contributed by atoms with Crippen molar-refractivity contribution >= 4 is 5.97 Å². The zero-order chi connectivity index (χ0) is 10.7. The van der Waals surface area contributed by atoms with Gasteiger partial charge in [-0.05, 0) is 11.6 Å². The van der Waals surface area contributed by atoms with Crippen LogP contribution in [-0.4, -0.2) is 19.2 Å². The van der Waals surface area contributed by atoms with Crippen LogP contribution in [0.2, 0.25) is 0 Å². The summed E-state index contributed by atoms with van der Waals surface area (Å²) in [5.41, 5.74) is 1.14. The van der Waals surface area contributed by atoms with Crippen LogP contribution < -0.4 is 0 Å². The van der Waals surface area contributed by atoms with Crippen molar-refractivity contribution in [3.63, 3.8) is 0 Å². The summed E-state index contributed by atoms with van der Waals surface area (Å²) in [6.45, 7) is 0. The third-order valence-corrected chi connectivity index (χ3v) is 2.28. The maximum Gasteiger partial charge on any atom is 0.330 e. The molecule has 0 radical (unpaired) electrons. The first kappa shape index (κ1) is 9.93.